The fraction of sp³-hybridized carbons (Fsp3) is 0.214. The number of carbonyl (C=O) groups excluding carboxylic acids is 1. The van der Waals surface area contributed by atoms with E-state index >= 15 is 0 Å². The van der Waals surface area contributed by atoms with Crippen LogP contribution in [0.1, 0.15) is 23.0 Å². The molecule has 0 fully saturated rings. The lowest BCUT2D eigenvalue weighted by atomic mass is 10.2. The third-order valence-electron chi connectivity index (χ3n) is 2.41. The van der Waals surface area contributed by atoms with Crippen molar-refractivity contribution in [1.29, 1.82) is 0 Å². The summed E-state index contributed by atoms with van der Waals surface area (Å²) in [5.74, 6) is -0.0756. The number of aromatic nitrogens is 2. The van der Waals surface area contributed by atoms with Gasteiger partial charge >= 0.3 is 5.97 Å². The maximum absolute atomic E-state index is 11.6. The van der Waals surface area contributed by atoms with Crippen LogP contribution in [0, 0.1) is 6.92 Å². The van der Waals surface area contributed by atoms with E-state index in [2.05, 4.69) is 15.3 Å². The van der Waals surface area contributed by atoms with Gasteiger partial charge in [0.15, 0.2) is 5.69 Å². The third-order valence-corrected chi connectivity index (χ3v) is 2.41. The number of nitrogens with zero attached hydrogens (tertiary/aromatic N) is 2. The molecule has 0 unspecified atom stereocenters. The summed E-state index contributed by atoms with van der Waals surface area (Å²) in [5, 5.41) is 3.05. The molecule has 0 aliphatic carbocycles. The van der Waals surface area contributed by atoms with Gasteiger partial charge in [-0.25, -0.2) is 14.8 Å². The van der Waals surface area contributed by atoms with Gasteiger partial charge in [0.1, 0.15) is 0 Å². The molecule has 5 heteroatoms. The van der Waals surface area contributed by atoms with E-state index in [-0.39, 0.29) is 5.69 Å². The Labute approximate surface area is 111 Å². The molecule has 98 valence electrons. The van der Waals surface area contributed by atoms with Gasteiger partial charge in [-0.05, 0) is 37.6 Å². The van der Waals surface area contributed by atoms with Crippen LogP contribution in [0.25, 0.3) is 0 Å². The molecule has 0 aliphatic rings. The highest BCUT2D eigenvalue weighted by atomic mass is 16.5. The molecule has 0 spiro atoms. The number of esters is 1. The molecular weight excluding hydrogens is 242 g/mol. The van der Waals surface area contributed by atoms with Crippen molar-refractivity contribution in [3.8, 4) is 0 Å². The van der Waals surface area contributed by atoms with Gasteiger partial charge in [0.05, 0.1) is 6.61 Å². The normalized spacial score (nSPS) is 10.0. The quantitative estimate of drug-likeness (QED) is 0.853. The summed E-state index contributed by atoms with van der Waals surface area (Å²) in [4.78, 5) is 19.8. The lowest BCUT2D eigenvalue weighted by Gasteiger charge is -2.06. The van der Waals surface area contributed by atoms with Crippen molar-refractivity contribution in [1.82, 2.24) is 9.97 Å². The fourth-order valence-corrected chi connectivity index (χ4v) is 1.59. The van der Waals surface area contributed by atoms with Gasteiger partial charge < -0.3 is 10.1 Å². The molecule has 2 rings (SSSR count). The summed E-state index contributed by atoms with van der Waals surface area (Å²) in [6.45, 7) is 4.08. The van der Waals surface area contributed by atoms with E-state index in [4.69, 9.17) is 4.74 Å². The van der Waals surface area contributed by atoms with E-state index in [1.807, 2.05) is 31.2 Å². The van der Waals surface area contributed by atoms with E-state index in [0.29, 0.717) is 12.6 Å². The first-order valence-corrected chi connectivity index (χ1v) is 6.03. The minimum atomic E-state index is -0.447. The molecule has 0 saturated carbocycles. The first-order valence-electron chi connectivity index (χ1n) is 6.03. The Hall–Kier alpha value is -2.43. The number of rotatable bonds is 4. The highest BCUT2D eigenvalue weighted by Crippen LogP contribution is 2.14. The standard InChI is InChI=1S/C14H15N3O2/c1-3-19-13(18)12-7-8-15-14(17-12)16-11-6-4-5-10(2)9-11/h4-9H,3H2,1-2H3,(H,15,16,17). The third kappa shape index (κ3) is 3.51. The largest absolute Gasteiger partial charge is 0.461 e. The average molecular weight is 257 g/mol. The summed E-state index contributed by atoms with van der Waals surface area (Å²) < 4.78 is 4.90. The predicted octanol–water partition coefficient (Wildman–Crippen LogP) is 2.71. The highest BCUT2D eigenvalue weighted by molar-refractivity contribution is 5.87. The Morgan fingerprint density at radius 3 is 2.95 bits per heavy atom. The van der Waals surface area contributed by atoms with Crippen LogP contribution in [-0.4, -0.2) is 22.5 Å². The van der Waals surface area contributed by atoms with Crippen molar-refractivity contribution in [3.63, 3.8) is 0 Å². The number of hydrogen-bond acceptors (Lipinski definition) is 5. The van der Waals surface area contributed by atoms with Crippen molar-refractivity contribution >= 4 is 17.6 Å². The first-order chi connectivity index (χ1) is 9.19. The molecular formula is C14H15N3O2. The number of anilines is 2. The molecule has 0 saturated heterocycles. The summed E-state index contributed by atoms with van der Waals surface area (Å²) >= 11 is 0. The maximum Gasteiger partial charge on any atom is 0.357 e. The molecule has 1 heterocycles. The molecule has 0 bridgehead atoms. The number of nitrogens with one attached hydrogen (secondary N) is 1. The van der Waals surface area contributed by atoms with E-state index in [1.54, 1.807) is 6.92 Å². The zero-order valence-electron chi connectivity index (χ0n) is 10.9. The number of benzene rings is 1. The van der Waals surface area contributed by atoms with Crippen LogP contribution >= 0.6 is 0 Å². The average Bonchev–Trinajstić information content (AvgIpc) is 2.39. The van der Waals surface area contributed by atoms with E-state index in [9.17, 15) is 4.79 Å². The van der Waals surface area contributed by atoms with Gasteiger partial charge in [-0.3, -0.25) is 0 Å². The topological polar surface area (TPSA) is 64.1 Å². The van der Waals surface area contributed by atoms with Crippen LogP contribution in [0.15, 0.2) is 36.5 Å². The number of ether oxygens (including phenoxy) is 1. The van der Waals surface area contributed by atoms with Crippen molar-refractivity contribution in [3.05, 3.63) is 47.8 Å². The van der Waals surface area contributed by atoms with Gasteiger partial charge in [0.2, 0.25) is 5.95 Å². The Kier molecular flexibility index (Phi) is 4.07. The smallest absolute Gasteiger partial charge is 0.357 e. The lowest BCUT2D eigenvalue weighted by molar-refractivity contribution is 0.0519. The summed E-state index contributed by atoms with van der Waals surface area (Å²) in [6, 6.07) is 9.35. The van der Waals surface area contributed by atoms with Crippen LogP contribution in [-0.2, 0) is 4.74 Å². The second-order valence-electron chi connectivity index (χ2n) is 3.98. The summed E-state index contributed by atoms with van der Waals surface area (Å²) in [7, 11) is 0. The molecule has 1 aromatic carbocycles. The number of hydrogen-bond donors (Lipinski definition) is 1. The molecule has 1 aromatic heterocycles. The van der Waals surface area contributed by atoms with Crippen molar-refractivity contribution in [2.24, 2.45) is 0 Å². The molecule has 0 atom stereocenters. The van der Waals surface area contributed by atoms with Crippen molar-refractivity contribution < 1.29 is 9.53 Å². The van der Waals surface area contributed by atoms with Gasteiger partial charge in [-0.15, -0.1) is 0 Å². The molecule has 0 amide bonds. The summed E-state index contributed by atoms with van der Waals surface area (Å²) in [5.41, 5.74) is 2.25. The van der Waals surface area contributed by atoms with E-state index in [1.165, 1.54) is 12.3 Å². The highest BCUT2D eigenvalue weighted by Gasteiger charge is 2.09. The molecule has 1 N–H and O–H groups in total. The van der Waals surface area contributed by atoms with Crippen LogP contribution in [0.2, 0.25) is 0 Å². The molecule has 0 radical (unpaired) electrons. The second-order valence-corrected chi connectivity index (χ2v) is 3.98. The molecule has 5 nitrogen and oxygen atoms in total. The Morgan fingerprint density at radius 2 is 2.21 bits per heavy atom. The number of carbonyl (C=O) groups is 1. The minimum absolute atomic E-state index is 0.243. The maximum atomic E-state index is 11.6. The van der Waals surface area contributed by atoms with Gasteiger partial charge in [0, 0.05) is 11.9 Å². The molecule has 2 aromatic rings. The van der Waals surface area contributed by atoms with Crippen molar-refractivity contribution in [2.75, 3.05) is 11.9 Å². The zero-order valence-corrected chi connectivity index (χ0v) is 10.9. The minimum Gasteiger partial charge on any atom is -0.461 e. The molecule has 0 aliphatic heterocycles. The van der Waals surface area contributed by atoms with Crippen LogP contribution < -0.4 is 5.32 Å². The molecule has 19 heavy (non-hydrogen) atoms. The second kappa shape index (κ2) is 5.95. The number of aryl methyl sites for hydroxylation is 1. The monoisotopic (exact) mass is 257 g/mol. The SMILES string of the molecule is CCOC(=O)c1ccnc(Nc2cccc(C)c2)n1. The first kappa shape index (κ1) is 13.0. The van der Waals surface area contributed by atoms with Gasteiger partial charge in [-0.2, -0.15) is 0 Å². The van der Waals surface area contributed by atoms with Crippen molar-refractivity contribution in [2.45, 2.75) is 13.8 Å². The van der Waals surface area contributed by atoms with Crippen LogP contribution in [0.3, 0.4) is 0 Å². The lowest BCUT2D eigenvalue weighted by Crippen LogP contribution is -2.09. The van der Waals surface area contributed by atoms with Gasteiger partial charge in [0.25, 0.3) is 0 Å². The Balaban J connectivity index is 2.17. The predicted molar refractivity (Wildman–Crippen MR) is 72.5 cm³/mol. The summed E-state index contributed by atoms with van der Waals surface area (Å²) in [6.07, 6.45) is 1.53. The van der Waals surface area contributed by atoms with E-state index < -0.39 is 5.97 Å². The Bertz CT molecular complexity index is 584. The van der Waals surface area contributed by atoms with Crippen LogP contribution in [0.4, 0.5) is 11.6 Å². The van der Waals surface area contributed by atoms with Crippen LogP contribution in [0.5, 0.6) is 0 Å². The fourth-order valence-electron chi connectivity index (χ4n) is 1.59. The van der Waals surface area contributed by atoms with Gasteiger partial charge in [-0.1, -0.05) is 12.1 Å². The van der Waals surface area contributed by atoms with E-state index in [0.717, 1.165) is 11.3 Å². The zero-order chi connectivity index (χ0) is 13.7. The Morgan fingerprint density at radius 1 is 1.37 bits per heavy atom.